The molecule has 0 aliphatic carbocycles. The highest BCUT2D eigenvalue weighted by Crippen LogP contribution is 2.31. The van der Waals surface area contributed by atoms with E-state index in [1.165, 1.54) is 0 Å². The fourth-order valence-electron chi connectivity index (χ4n) is 4.12. The summed E-state index contributed by atoms with van der Waals surface area (Å²) < 4.78 is 37.7. The average Bonchev–Trinajstić information content (AvgIpc) is 2.94. The van der Waals surface area contributed by atoms with Gasteiger partial charge in [0.15, 0.2) is 6.61 Å². The smallest absolute Gasteiger partial charge is 0.271 e. The molecule has 0 heterocycles. The van der Waals surface area contributed by atoms with Crippen molar-refractivity contribution in [2.75, 3.05) is 22.5 Å². The van der Waals surface area contributed by atoms with Gasteiger partial charge in [0.25, 0.3) is 5.91 Å². The van der Waals surface area contributed by atoms with Crippen LogP contribution in [0.4, 0.5) is 11.4 Å². The maximum Gasteiger partial charge on any atom is 0.271 e. The number of rotatable bonds is 12. The second-order valence-electron chi connectivity index (χ2n) is 9.24. The van der Waals surface area contributed by atoms with Gasteiger partial charge in [-0.3, -0.25) is 14.9 Å². The molecule has 0 spiro atoms. The number of hydrogen-bond donors (Lipinski definition) is 3. The third-order valence-corrected chi connectivity index (χ3v) is 6.64. The molecule has 1 amide bonds. The molecule has 9 nitrogen and oxygen atoms in total. The van der Waals surface area contributed by atoms with Gasteiger partial charge < -0.3 is 14.4 Å². The number of anilines is 2. The molecule has 0 bridgehead atoms. The van der Waals surface area contributed by atoms with Gasteiger partial charge in [0.1, 0.15) is 17.2 Å². The van der Waals surface area contributed by atoms with Crippen molar-refractivity contribution in [1.82, 2.24) is 5.43 Å². The second kappa shape index (κ2) is 13.0. The first-order chi connectivity index (χ1) is 19.2. The highest BCUT2D eigenvalue weighted by atomic mass is 32.2. The topological polar surface area (TPSA) is 123 Å². The highest BCUT2D eigenvalue weighted by molar-refractivity contribution is 7.92. The van der Waals surface area contributed by atoms with Crippen molar-refractivity contribution >= 4 is 27.3 Å². The molecule has 208 valence electrons. The van der Waals surface area contributed by atoms with Crippen molar-refractivity contribution in [3.63, 3.8) is 0 Å². The molecule has 0 unspecified atom stereocenters. The van der Waals surface area contributed by atoms with E-state index in [1.807, 2.05) is 66.9 Å². The van der Waals surface area contributed by atoms with E-state index in [2.05, 4.69) is 21.8 Å². The predicted octanol–water partition coefficient (Wildman–Crippen LogP) is 4.73. The van der Waals surface area contributed by atoms with Gasteiger partial charge in [0.05, 0.1) is 11.9 Å². The van der Waals surface area contributed by atoms with E-state index in [0.29, 0.717) is 36.0 Å². The molecule has 4 rings (SSSR count). The van der Waals surface area contributed by atoms with E-state index in [4.69, 9.17) is 15.3 Å². The minimum Gasteiger partial charge on any atom is -0.484 e. The first-order valence-electron chi connectivity index (χ1n) is 12.6. The van der Waals surface area contributed by atoms with Crippen molar-refractivity contribution < 1.29 is 22.7 Å². The van der Waals surface area contributed by atoms with Gasteiger partial charge in [0.2, 0.25) is 10.0 Å². The molecule has 0 aliphatic heterocycles. The molecular weight excluding hydrogens is 528 g/mol. The van der Waals surface area contributed by atoms with E-state index in [0.717, 1.165) is 28.6 Å². The van der Waals surface area contributed by atoms with Crippen LogP contribution in [-0.4, -0.2) is 27.2 Å². The molecule has 4 aromatic rings. The maximum absolute atomic E-state index is 11.9. The van der Waals surface area contributed by atoms with Crippen LogP contribution in [0.25, 0.3) is 0 Å². The minimum absolute atomic E-state index is 0.169. The van der Waals surface area contributed by atoms with Crippen molar-refractivity contribution in [3.8, 4) is 17.2 Å². The van der Waals surface area contributed by atoms with Crippen LogP contribution >= 0.6 is 0 Å². The Labute approximate surface area is 234 Å². The summed E-state index contributed by atoms with van der Waals surface area (Å²) in [6, 6.07) is 30.5. The van der Waals surface area contributed by atoms with Gasteiger partial charge in [-0.25, -0.2) is 14.3 Å². The zero-order valence-corrected chi connectivity index (χ0v) is 23.1. The number of ether oxygens (including phenoxy) is 2. The van der Waals surface area contributed by atoms with Crippen LogP contribution in [0.1, 0.15) is 16.7 Å². The number of amides is 1. The largest absolute Gasteiger partial charge is 0.484 e. The Balaban J connectivity index is 1.49. The van der Waals surface area contributed by atoms with Crippen LogP contribution in [0.3, 0.4) is 0 Å². The third-order valence-electron chi connectivity index (χ3n) is 6.04. The molecule has 0 saturated heterocycles. The predicted molar refractivity (Wildman–Crippen MR) is 157 cm³/mol. The Morgan fingerprint density at radius 3 is 1.98 bits per heavy atom. The van der Waals surface area contributed by atoms with Crippen LogP contribution in [0, 0.1) is 6.92 Å². The lowest BCUT2D eigenvalue weighted by molar-refractivity contribution is -0.123. The Morgan fingerprint density at radius 1 is 0.800 bits per heavy atom. The fourth-order valence-corrected chi connectivity index (χ4v) is 4.74. The zero-order chi connectivity index (χ0) is 28.5. The van der Waals surface area contributed by atoms with Crippen LogP contribution < -0.4 is 30.4 Å². The zero-order valence-electron chi connectivity index (χ0n) is 22.3. The molecule has 10 heteroatoms. The van der Waals surface area contributed by atoms with Crippen molar-refractivity contribution in [2.24, 2.45) is 5.84 Å². The third kappa shape index (κ3) is 8.23. The van der Waals surface area contributed by atoms with Gasteiger partial charge in [-0.15, -0.1) is 0 Å². The fraction of sp³-hybridized carbons (Fsp3) is 0.167. The second-order valence-corrected chi connectivity index (χ2v) is 11.0. The quantitative estimate of drug-likeness (QED) is 0.130. The number of carbonyl (C=O) groups excluding carboxylic acids is 1. The van der Waals surface area contributed by atoms with E-state index in [1.54, 1.807) is 30.3 Å². The average molecular weight is 561 g/mol. The molecule has 4 aromatic carbocycles. The number of nitrogens with one attached hydrogen (secondary N) is 2. The van der Waals surface area contributed by atoms with Crippen LogP contribution in [-0.2, 0) is 27.9 Å². The lowest BCUT2D eigenvalue weighted by Gasteiger charge is -2.28. The molecule has 0 fully saturated rings. The Kier molecular flexibility index (Phi) is 9.26. The van der Waals surface area contributed by atoms with E-state index < -0.39 is 15.9 Å². The Bertz CT molecular complexity index is 1530. The summed E-state index contributed by atoms with van der Waals surface area (Å²) in [5.41, 5.74) is 6.55. The van der Waals surface area contributed by atoms with Gasteiger partial charge in [-0.05, 0) is 72.1 Å². The summed E-state index contributed by atoms with van der Waals surface area (Å²) >= 11 is 0. The standard InChI is InChI=1S/C30H32N4O5S/c1-22-28(33-40(2,36)37)9-6-10-29(22)34(19-23-7-4-3-5-8-23)20-24-11-13-26(14-12-24)39-27-17-15-25(16-18-27)38-21-30(35)32-31/h3-18,33H,19-21,31H2,1-2H3,(H,32,35). The van der Waals surface area contributed by atoms with Crippen molar-refractivity contribution in [1.29, 1.82) is 0 Å². The number of benzene rings is 4. The summed E-state index contributed by atoms with van der Waals surface area (Å²) in [6.45, 7) is 2.99. The lowest BCUT2D eigenvalue weighted by atomic mass is 10.1. The number of carbonyl (C=O) groups is 1. The lowest BCUT2D eigenvalue weighted by Crippen LogP contribution is -2.34. The summed E-state index contributed by atoms with van der Waals surface area (Å²) in [6.07, 6.45) is 1.15. The van der Waals surface area contributed by atoms with Crippen LogP contribution in [0.5, 0.6) is 17.2 Å². The van der Waals surface area contributed by atoms with Gasteiger partial charge in [-0.2, -0.15) is 0 Å². The highest BCUT2D eigenvalue weighted by Gasteiger charge is 2.15. The first kappa shape index (κ1) is 28.5. The van der Waals surface area contributed by atoms with E-state index >= 15 is 0 Å². The summed E-state index contributed by atoms with van der Waals surface area (Å²) in [5, 5.41) is 0. The van der Waals surface area contributed by atoms with E-state index in [9.17, 15) is 13.2 Å². The summed E-state index contributed by atoms with van der Waals surface area (Å²) in [7, 11) is -3.41. The number of nitrogens with zero attached hydrogens (tertiary/aromatic N) is 1. The molecular formula is C30H32N4O5S. The SMILES string of the molecule is Cc1c(NS(C)(=O)=O)cccc1N(Cc1ccccc1)Cc1ccc(Oc2ccc(OCC(=O)NN)cc2)cc1. The number of sulfonamides is 1. The summed E-state index contributed by atoms with van der Waals surface area (Å²) in [5.74, 6) is 6.46. The normalized spacial score (nSPS) is 11.0. The Hall–Kier alpha value is -4.54. The number of hydrazine groups is 1. The first-order valence-corrected chi connectivity index (χ1v) is 14.4. The molecule has 0 saturated carbocycles. The monoisotopic (exact) mass is 560 g/mol. The molecule has 0 radical (unpaired) electrons. The molecule has 0 aromatic heterocycles. The van der Waals surface area contributed by atoms with Gasteiger partial charge >= 0.3 is 0 Å². The molecule has 0 aliphatic rings. The maximum atomic E-state index is 11.9. The van der Waals surface area contributed by atoms with Crippen molar-refractivity contribution in [2.45, 2.75) is 20.0 Å². The van der Waals surface area contributed by atoms with Crippen LogP contribution in [0.2, 0.25) is 0 Å². The van der Waals surface area contributed by atoms with Crippen LogP contribution in [0.15, 0.2) is 97.1 Å². The number of hydrogen-bond acceptors (Lipinski definition) is 7. The molecule has 0 atom stereocenters. The molecule has 4 N–H and O–H groups in total. The minimum atomic E-state index is -3.41. The van der Waals surface area contributed by atoms with Gasteiger partial charge in [-0.1, -0.05) is 48.5 Å². The van der Waals surface area contributed by atoms with E-state index in [-0.39, 0.29) is 6.61 Å². The molecule has 40 heavy (non-hydrogen) atoms. The van der Waals surface area contributed by atoms with Gasteiger partial charge in [0, 0.05) is 18.8 Å². The Morgan fingerprint density at radius 2 is 1.38 bits per heavy atom. The van der Waals surface area contributed by atoms with Crippen molar-refractivity contribution in [3.05, 3.63) is 114 Å². The summed E-state index contributed by atoms with van der Waals surface area (Å²) in [4.78, 5) is 13.4. The number of nitrogens with two attached hydrogens (primary N) is 1.